The van der Waals surface area contributed by atoms with Crippen LogP contribution in [0.25, 0.3) is 0 Å². The number of hydrogen-bond donors (Lipinski definition) is 2. The highest BCUT2D eigenvalue weighted by Gasteiger charge is 2.35. The molecule has 2 aliphatic heterocycles. The molecular weight excluding hydrogens is 297 g/mol. The lowest BCUT2D eigenvalue weighted by Gasteiger charge is -2.27. The molecule has 1 atom stereocenters. The first-order valence-electron chi connectivity index (χ1n) is 7.48. The molecule has 2 aliphatic rings. The van der Waals surface area contributed by atoms with Gasteiger partial charge in [-0.25, -0.2) is 0 Å². The van der Waals surface area contributed by atoms with Gasteiger partial charge in [0.2, 0.25) is 0 Å². The van der Waals surface area contributed by atoms with Gasteiger partial charge in [-0.15, -0.1) is 0 Å². The molecule has 7 heteroatoms. The van der Waals surface area contributed by atoms with E-state index in [1.807, 2.05) is 0 Å². The zero-order valence-corrected chi connectivity index (χ0v) is 12.1. The molecule has 0 aliphatic carbocycles. The highest BCUT2D eigenvalue weighted by Crippen LogP contribution is 2.41. The molecule has 0 saturated carbocycles. The Morgan fingerprint density at radius 1 is 1.27 bits per heavy atom. The van der Waals surface area contributed by atoms with Gasteiger partial charge in [-0.2, -0.15) is 13.2 Å². The van der Waals surface area contributed by atoms with Crippen molar-refractivity contribution in [3.05, 3.63) is 23.3 Å². The summed E-state index contributed by atoms with van der Waals surface area (Å²) in [5, 5.41) is 6.24. The second-order valence-corrected chi connectivity index (χ2v) is 5.50. The second kappa shape index (κ2) is 6.34. The maximum atomic E-state index is 13.1. The molecule has 2 N–H and O–H groups in total. The zero-order valence-electron chi connectivity index (χ0n) is 12.1. The Morgan fingerprint density at radius 3 is 2.86 bits per heavy atom. The quantitative estimate of drug-likeness (QED) is 0.899. The van der Waals surface area contributed by atoms with Crippen molar-refractivity contribution in [2.24, 2.45) is 0 Å². The summed E-state index contributed by atoms with van der Waals surface area (Å²) in [7, 11) is 0. The van der Waals surface area contributed by atoms with Gasteiger partial charge in [-0.1, -0.05) is 0 Å². The van der Waals surface area contributed by atoms with E-state index in [4.69, 9.17) is 9.47 Å². The first kappa shape index (κ1) is 15.4. The molecule has 0 aromatic heterocycles. The van der Waals surface area contributed by atoms with E-state index in [0.717, 1.165) is 12.6 Å². The maximum absolute atomic E-state index is 13.1. The average molecular weight is 316 g/mol. The van der Waals surface area contributed by atoms with E-state index >= 15 is 0 Å². The van der Waals surface area contributed by atoms with Crippen LogP contribution in [0.3, 0.4) is 0 Å². The van der Waals surface area contributed by atoms with Crippen LogP contribution in [0.1, 0.15) is 17.5 Å². The van der Waals surface area contributed by atoms with E-state index < -0.39 is 11.7 Å². The van der Waals surface area contributed by atoms with Crippen LogP contribution in [0.2, 0.25) is 0 Å². The molecule has 22 heavy (non-hydrogen) atoms. The number of ether oxygens (including phenoxy) is 2. The summed E-state index contributed by atoms with van der Waals surface area (Å²) >= 11 is 0. The Morgan fingerprint density at radius 2 is 2.14 bits per heavy atom. The molecule has 122 valence electrons. The highest BCUT2D eigenvalue weighted by atomic mass is 19.4. The number of morpholine rings is 1. The number of halogens is 3. The molecule has 0 unspecified atom stereocenters. The summed E-state index contributed by atoms with van der Waals surface area (Å²) in [6.45, 7) is 3.11. The molecule has 3 rings (SSSR count). The van der Waals surface area contributed by atoms with Crippen molar-refractivity contribution in [2.45, 2.75) is 25.1 Å². The summed E-state index contributed by atoms with van der Waals surface area (Å²) in [4.78, 5) is 0. The standard InChI is InChI=1S/C15H19F3N2O2/c16-15(17,18)12-3-4-13(14-11(12)2-1-5-20-14)22-9-10-8-19-6-7-21-10/h3-4,10,19-20H,1-2,5-9H2/t10-/m0/s1. The second-order valence-electron chi connectivity index (χ2n) is 5.50. The Hall–Kier alpha value is -1.47. The third-order valence-electron chi connectivity index (χ3n) is 3.91. The van der Waals surface area contributed by atoms with Crippen molar-refractivity contribution in [3.63, 3.8) is 0 Å². The number of alkyl halides is 3. The zero-order chi connectivity index (χ0) is 15.6. The van der Waals surface area contributed by atoms with Crippen molar-refractivity contribution in [3.8, 4) is 5.75 Å². The Labute approximate surface area is 127 Å². The largest absolute Gasteiger partial charge is 0.489 e. The lowest BCUT2D eigenvalue weighted by atomic mass is 9.96. The Bertz CT molecular complexity index is 528. The van der Waals surface area contributed by atoms with Gasteiger partial charge in [0.05, 0.1) is 17.9 Å². The van der Waals surface area contributed by atoms with E-state index in [1.54, 1.807) is 0 Å². The minimum atomic E-state index is -4.34. The Balaban J connectivity index is 1.79. The molecule has 0 spiro atoms. The predicted molar refractivity (Wildman–Crippen MR) is 76.4 cm³/mol. The molecule has 0 bridgehead atoms. The molecular formula is C15H19F3N2O2. The summed E-state index contributed by atoms with van der Waals surface area (Å²) in [6.07, 6.45) is -3.31. The normalized spacial score (nSPS) is 21.9. The minimum Gasteiger partial charge on any atom is -0.489 e. The van der Waals surface area contributed by atoms with Gasteiger partial charge in [0, 0.05) is 19.6 Å². The molecule has 2 heterocycles. The molecule has 1 aromatic carbocycles. The van der Waals surface area contributed by atoms with Crippen molar-refractivity contribution in [2.75, 3.05) is 38.2 Å². The predicted octanol–water partition coefficient (Wildman–Crippen LogP) is 2.43. The summed E-state index contributed by atoms with van der Waals surface area (Å²) in [5.41, 5.74) is 0.210. The van der Waals surface area contributed by atoms with Gasteiger partial charge in [0.15, 0.2) is 0 Å². The minimum absolute atomic E-state index is 0.0738. The van der Waals surface area contributed by atoms with Gasteiger partial charge in [-0.05, 0) is 30.5 Å². The lowest BCUT2D eigenvalue weighted by Crippen LogP contribution is -2.41. The number of anilines is 1. The SMILES string of the molecule is FC(F)(F)c1ccc(OC[C@@H]2CNCCO2)c2c1CCCN2. The van der Waals surface area contributed by atoms with Gasteiger partial charge in [-0.3, -0.25) is 0 Å². The fourth-order valence-electron chi connectivity index (χ4n) is 2.85. The molecule has 1 aromatic rings. The van der Waals surface area contributed by atoms with Crippen LogP contribution in [0.4, 0.5) is 18.9 Å². The van der Waals surface area contributed by atoms with Crippen LogP contribution in [-0.4, -0.2) is 39.0 Å². The lowest BCUT2D eigenvalue weighted by molar-refractivity contribution is -0.138. The van der Waals surface area contributed by atoms with Crippen LogP contribution >= 0.6 is 0 Å². The van der Waals surface area contributed by atoms with Crippen LogP contribution in [-0.2, 0) is 17.3 Å². The van der Waals surface area contributed by atoms with Crippen molar-refractivity contribution in [1.29, 1.82) is 0 Å². The fraction of sp³-hybridized carbons (Fsp3) is 0.600. The topological polar surface area (TPSA) is 42.5 Å². The van der Waals surface area contributed by atoms with E-state index in [1.165, 1.54) is 6.07 Å². The van der Waals surface area contributed by atoms with Gasteiger partial charge in [0.25, 0.3) is 0 Å². The van der Waals surface area contributed by atoms with E-state index in [-0.39, 0.29) is 6.10 Å². The summed E-state index contributed by atoms with van der Waals surface area (Å²) < 4.78 is 50.5. The number of nitrogens with one attached hydrogen (secondary N) is 2. The van der Waals surface area contributed by atoms with Gasteiger partial charge >= 0.3 is 6.18 Å². The van der Waals surface area contributed by atoms with E-state index in [0.29, 0.717) is 56.1 Å². The van der Waals surface area contributed by atoms with Crippen LogP contribution in [0, 0.1) is 0 Å². The van der Waals surface area contributed by atoms with Crippen LogP contribution in [0.5, 0.6) is 5.75 Å². The van der Waals surface area contributed by atoms with Gasteiger partial charge < -0.3 is 20.1 Å². The van der Waals surface area contributed by atoms with Crippen molar-refractivity contribution < 1.29 is 22.6 Å². The van der Waals surface area contributed by atoms with Gasteiger partial charge in [0.1, 0.15) is 18.5 Å². The molecule has 4 nitrogen and oxygen atoms in total. The number of rotatable bonds is 3. The Kier molecular flexibility index (Phi) is 4.44. The third-order valence-corrected chi connectivity index (χ3v) is 3.91. The van der Waals surface area contributed by atoms with E-state index in [9.17, 15) is 13.2 Å². The summed E-state index contributed by atoms with van der Waals surface area (Å²) in [6, 6.07) is 2.51. The highest BCUT2D eigenvalue weighted by molar-refractivity contribution is 5.66. The maximum Gasteiger partial charge on any atom is 0.416 e. The number of fused-ring (bicyclic) bond motifs is 1. The molecule has 1 fully saturated rings. The number of hydrogen-bond acceptors (Lipinski definition) is 4. The van der Waals surface area contributed by atoms with Crippen LogP contribution in [0.15, 0.2) is 12.1 Å². The molecule has 0 amide bonds. The van der Waals surface area contributed by atoms with E-state index in [2.05, 4.69) is 10.6 Å². The average Bonchev–Trinajstić information content (AvgIpc) is 2.52. The smallest absolute Gasteiger partial charge is 0.416 e. The molecule has 1 saturated heterocycles. The van der Waals surface area contributed by atoms with Crippen LogP contribution < -0.4 is 15.4 Å². The van der Waals surface area contributed by atoms with Crippen molar-refractivity contribution in [1.82, 2.24) is 5.32 Å². The monoisotopic (exact) mass is 316 g/mol. The molecule has 0 radical (unpaired) electrons. The first-order valence-corrected chi connectivity index (χ1v) is 7.48. The summed E-state index contributed by atoms with van der Waals surface area (Å²) in [5.74, 6) is 0.469. The fourth-order valence-corrected chi connectivity index (χ4v) is 2.85. The third kappa shape index (κ3) is 3.30. The van der Waals surface area contributed by atoms with Crippen molar-refractivity contribution >= 4 is 5.69 Å². The number of benzene rings is 1. The first-order chi connectivity index (χ1) is 10.6.